The van der Waals surface area contributed by atoms with Crippen LogP contribution in [-0.4, -0.2) is 38.6 Å². The maximum atomic E-state index is 13.0. The molecule has 2 rings (SSSR count). The molecular formula is C12H15FO5S. The average molecular weight is 290 g/mol. The van der Waals surface area contributed by atoms with Gasteiger partial charge in [0.1, 0.15) is 23.8 Å². The summed E-state index contributed by atoms with van der Waals surface area (Å²) in [4.78, 5) is 0. The molecule has 0 aromatic heterocycles. The number of aliphatic hydroxyl groups is 1. The molecule has 1 aliphatic heterocycles. The number of halogens is 1. The predicted octanol–water partition coefficient (Wildman–Crippen LogP) is 0.856. The Bertz CT molecular complexity index is 557. The van der Waals surface area contributed by atoms with E-state index in [9.17, 15) is 17.9 Å². The van der Waals surface area contributed by atoms with Gasteiger partial charge in [0, 0.05) is 0 Å². The summed E-state index contributed by atoms with van der Waals surface area (Å²) >= 11 is 0. The SMILES string of the molecule is CS(=O)(=O)OC[C@@H](O)[C@H]1CCc2cc(F)ccc2O1. The Hall–Kier alpha value is -1.18. The van der Waals surface area contributed by atoms with Gasteiger partial charge < -0.3 is 9.84 Å². The first-order valence-electron chi connectivity index (χ1n) is 5.83. The summed E-state index contributed by atoms with van der Waals surface area (Å²) in [7, 11) is -3.59. The van der Waals surface area contributed by atoms with Crippen molar-refractivity contribution in [2.75, 3.05) is 12.9 Å². The van der Waals surface area contributed by atoms with Crippen LogP contribution in [0.15, 0.2) is 18.2 Å². The Morgan fingerprint density at radius 2 is 2.32 bits per heavy atom. The van der Waals surface area contributed by atoms with Crippen LogP contribution >= 0.6 is 0 Å². The second kappa shape index (κ2) is 5.44. The molecule has 106 valence electrons. The van der Waals surface area contributed by atoms with E-state index in [-0.39, 0.29) is 12.4 Å². The molecule has 1 heterocycles. The van der Waals surface area contributed by atoms with Crippen molar-refractivity contribution < 1.29 is 26.8 Å². The third-order valence-corrected chi connectivity index (χ3v) is 3.45. The number of aliphatic hydroxyl groups excluding tert-OH is 1. The number of hydrogen-bond acceptors (Lipinski definition) is 5. The van der Waals surface area contributed by atoms with Crippen molar-refractivity contribution in [1.82, 2.24) is 0 Å². The lowest BCUT2D eigenvalue weighted by Gasteiger charge is -2.29. The zero-order valence-corrected chi connectivity index (χ0v) is 11.2. The third kappa shape index (κ3) is 3.89. The molecule has 19 heavy (non-hydrogen) atoms. The maximum absolute atomic E-state index is 13.0. The van der Waals surface area contributed by atoms with Crippen LogP contribution in [0.5, 0.6) is 5.75 Å². The molecule has 0 bridgehead atoms. The molecule has 0 saturated carbocycles. The van der Waals surface area contributed by atoms with Gasteiger partial charge in [0.15, 0.2) is 0 Å². The molecule has 0 unspecified atom stereocenters. The molecule has 7 heteroatoms. The van der Waals surface area contributed by atoms with Gasteiger partial charge in [-0.3, -0.25) is 4.18 Å². The number of fused-ring (bicyclic) bond motifs is 1. The Morgan fingerprint density at radius 3 is 3.00 bits per heavy atom. The van der Waals surface area contributed by atoms with Gasteiger partial charge in [-0.05, 0) is 36.6 Å². The molecule has 0 spiro atoms. The zero-order valence-electron chi connectivity index (χ0n) is 10.4. The molecular weight excluding hydrogens is 275 g/mol. The van der Waals surface area contributed by atoms with E-state index in [2.05, 4.69) is 4.18 Å². The van der Waals surface area contributed by atoms with E-state index in [1.54, 1.807) is 0 Å². The first-order chi connectivity index (χ1) is 8.85. The molecule has 1 aromatic carbocycles. The molecule has 1 aromatic rings. The molecule has 1 N–H and O–H groups in total. The molecule has 0 aliphatic carbocycles. The smallest absolute Gasteiger partial charge is 0.264 e. The van der Waals surface area contributed by atoms with Crippen LogP contribution in [0.25, 0.3) is 0 Å². The van der Waals surface area contributed by atoms with Crippen molar-refractivity contribution in [2.24, 2.45) is 0 Å². The monoisotopic (exact) mass is 290 g/mol. The van der Waals surface area contributed by atoms with E-state index < -0.39 is 22.3 Å². The van der Waals surface area contributed by atoms with Gasteiger partial charge in [0.25, 0.3) is 10.1 Å². The largest absolute Gasteiger partial charge is 0.487 e. The fourth-order valence-electron chi connectivity index (χ4n) is 1.95. The Kier molecular flexibility index (Phi) is 4.07. The first-order valence-corrected chi connectivity index (χ1v) is 7.64. The van der Waals surface area contributed by atoms with Gasteiger partial charge in [-0.15, -0.1) is 0 Å². The predicted molar refractivity (Wildman–Crippen MR) is 65.9 cm³/mol. The standard InChI is InChI=1S/C12H15FO5S/c1-19(15,16)17-7-10(14)12-4-2-8-6-9(13)3-5-11(8)18-12/h3,5-6,10,12,14H,2,4,7H2,1H3/t10-,12-/m1/s1. The topological polar surface area (TPSA) is 72.8 Å². The quantitative estimate of drug-likeness (QED) is 0.833. The number of hydrogen-bond donors (Lipinski definition) is 1. The van der Waals surface area contributed by atoms with Gasteiger partial charge >= 0.3 is 0 Å². The summed E-state index contributed by atoms with van der Waals surface area (Å²) in [5.41, 5.74) is 0.743. The molecule has 2 atom stereocenters. The summed E-state index contributed by atoms with van der Waals surface area (Å²) in [6.45, 7) is -0.347. The molecule has 5 nitrogen and oxygen atoms in total. The van der Waals surface area contributed by atoms with Crippen LogP contribution in [0.4, 0.5) is 4.39 Å². The maximum Gasteiger partial charge on any atom is 0.264 e. The van der Waals surface area contributed by atoms with Gasteiger partial charge in [0.2, 0.25) is 0 Å². The van der Waals surface area contributed by atoms with Crippen LogP contribution in [0.3, 0.4) is 0 Å². The second-order valence-electron chi connectivity index (χ2n) is 4.50. The summed E-state index contributed by atoms with van der Waals surface area (Å²) in [6, 6.07) is 4.17. The number of aryl methyl sites for hydroxylation is 1. The van der Waals surface area contributed by atoms with Crippen molar-refractivity contribution >= 4 is 10.1 Å². The van der Waals surface area contributed by atoms with Gasteiger partial charge in [-0.2, -0.15) is 8.42 Å². The normalized spacial score (nSPS) is 20.5. The first kappa shape index (κ1) is 14.2. The van der Waals surface area contributed by atoms with Crippen molar-refractivity contribution in [3.8, 4) is 5.75 Å². The molecule has 0 fully saturated rings. The van der Waals surface area contributed by atoms with Crippen LogP contribution < -0.4 is 4.74 Å². The van der Waals surface area contributed by atoms with Crippen molar-refractivity contribution in [3.63, 3.8) is 0 Å². The lowest BCUT2D eigenvalue weighted by Crippen LogP contribution is -2.38. The fraction of sp³-hybridized carbons (Fsp3) is 0.500. The van der Waals surface area contributed by atoms with E-state index in [1.807, 2.05) is 0 Å². The Morgan fingerprint density at radius 1 is 1.58 bits per heavy atom. The minimum atomic E-state index is -3.59. The minimum absolute atomic E-state index is 0.332. The average Bonchev–Trinajstić information content (AvgIpc) is 2.34. The minimum Gasteiger partial charge on any atom is -0.487 e. The van der Waals surface area contributed by atoms with Crippen molar-refractivity contribution in [2.45, 2.75) is 25.0 Å². The second-order valence-corrected chi connectivity index (χ2v) is 6.15. The van der Waals surface area contributed by atoms with E-state index >= 15 is 0 Å². The van der Waals surface area contributed by atoms with Crippen LogP contribution in [0.2, 0.25) is 0 Å². The van der Waals surface area contributed by atoms with Gasteiger partial charge in [-0.1, -0.05) is 0 Å². The molecule has 0 radical (unpaired) electrons. The van der Waals surface area contributed by atoms with Gasteiger partial charge in [0.05, 0.1) is 12.9 Å². The van der Waals surface area contributed by atoms with Crippen LogP contribution in [-0.2, 0) is 20.7 Å². The Labute approximate surface area is 111 Å². The molecule has 0 saturated heterocycles. The van der Waals surface area contributed by atoms with E-state index in [4.69, 9.17) is 4.74 Å². The van der Waals surface area contributed by atoms with Gasteiger partial charge in [-0.25, -0.2) is 4.39 Å². The summed E-state index contributed by atoms with van der Waals surface area (Å²) in [5, 5.41) is 9.83. The molecule has 1 aliphatic rings. The summed E-state index contributed by atoms with van der Waals surface area (Å²) < 4.78 is 44.7. The highest BCUT2D eigenvalue weighted by molar-refractivity contribution is 7.85. The van der Waals surface area contributed by atoms with E-state index in [1.165, 1.54) is 18.2 Å². The number of ether oxygens (including phenoxy) is 1. The van der Waals surface area contributed by atoms with E-state index in [0.29, 0.717) is 18.6 Å². The molecule has 0 amide bonds. The highest BCUT2D eigenvalue weighted by Crippen LogP contribution is 2.29. The number of rotatable bonds is 4. The lowest BCUT2D eigenvalue weighted by atomic mass is 9.99. The summed E-state index contributed by atoms with van der Waals surface area (Å²) in [5.74, 6) is 0.179. The zero-order chi connectivity index (χ0) is 14.0. The Balaban J connectivity index is 1.99. The highest BCUT2D eigenvalue weighted by atomic mass is 32.2. The summed E-state index contributed by atoms with van der Waals surface area (Å²) in [6.07, 6.45) is 0.352. The number of benzene rings is 1. The fourth-order valence-corrected chi connectivity index (χ4v) is 2.34. The van der Waals surface area contributed by atoms with Crippen LogP contribution in [0, 0.1) is 5.82 Å². The third-order valence-electron chi connectivity index (χ3n) is 2.88. The van der Waals surface area contributed by atoms with Crippen molar-refractivity contribution in [1.29, 1.82) is 0 Å². The van der Waals surface area contributed by atoms with Crippen molar-refractivity contribution in [3.05, 3.63) is 29.6 Å². The highest BCUT2D eigenvalue weighted by Gasteiger charge is 2.27. The lowest BCUT2D eigenvalue weighted by molar-refractivity contribution is -0.00188. The van der Waals surface area contributed by atoms with E-state index in [0.717, 1.165) is 11.8 Å². The van der Waals surface area contributed by atoms with Crippen LogP contribution in [0.1, 0.15) is 12.0 Å².